The molecule has 2 N–H and O–H groups in total. The quantitative estimate of drug-likeness (QED) is 0.364. The van der Waals surface area contributed by atoms with Gasteiger partial charge in [0.25, 0.3) is 0 Å². The van der Waals surface area contributed by atoms with Gasteiger partial charge < -0.3 is 20.3 Å². The van der Waals surface area contributed by atoms with Crippen LogP contribution in [0.5, 0.6) is 0 Å². The molecule has 0 bridgehead atoms. The van der Waals surface area contributed by atoms with E-state index >= 15 is 0 Å². The number of anilines is 1. The van der Waals surface area contributed by atoms with Gasteiger partial charge in [-0.15, -0.1) is 24.0 Å². The fourth-order valence-electron chi connectivity index (χ4n) is 4.39. The van der Waals surface area contributed by atoms with Crippen molar-refractivity contribution < 1.29 is 4.74 Å². The standard InChI is InChI=1S/C20H30ClN5O.HI/c1-22-20(23-11-19-13-25-8-3-6-18(25)14-27-19)24-16-7-9-26(12-16)17-5-2-4-15(21)10-17;/h2,4-5,10,16,18-19H,3,6-9,11-14H2,1H3,(H2,22,23,24);1H. The fourth-order valence-corrected chi connectivity index (χ4v) is 4.58. The Morgan fingerprint density at radius 2 is 2.18 bits per heavy atom. The average Bonchev–Trinajstić information content (AvgIpc) is 3.34. The third-order valence-electron chi connectivity index (χ3n) is 5.88. The van der Waals surface area contributed by atoms with Crippen LogP contribution in [0.15, 0.2) is 29.3 Å². The molecule has 6 nitrogen and oxygen atoms in total. The van der Waals surface area contributed by atoms with E-state index in [2.05, 4.69) is 31.5 Å². The second kappa shape index (κ2) is 10.3. The Morgan fingerprint density at radius 3 is 3.00 bits per heavy atom. The van der Waals surface area contributed by atoms with Crippen molar-refractivity contribution in [2.45, 2.75) is 37.5 Å². The van der Waals surface area contributed by atoms with Gasteiger partial charge in [0.2, 0.25) is 0 Å². The van der Waals surface area contributed by atoms with E-state index in [1.54, 1.807) is 0 Å². The summed E-state index contributed by atoms with van der Waals surface area (Å²) in [6, 6.07) is 9.10. The van der Waals surface area contributed by atoms with E-state index in [-0.39, 0.29) is 30.1 Å². The first-order valence-corrected chi connectivity index (χ1v) is 10.4. The van der Waals surface area contributed by atoms with Crippen molar-refractivity contribution in [2.24, 2.45) is 4.99 Å². The molecule has 3 heterocycles. The van der Waals surface area contributed by atoms with Crippen molar-refractivity contribution in [3.05, 3.63) is 29.3 Å². The van der Waals surface area contributed by atoms with Crippen molar-refractivity contribution in [1.82, 2.24) is 15.5 Å². The third kappa shape index (κ3) is 5.43. The van der Waals surface area contributed by atoms with Crippen molar-refractivity contribution in [1.29, 1.82) is 0 Å². The first kappa shape index (κ1) is 21.9. The zero-order chi connectivity index (χ0) is 18.6. The summed E-state index contributed by atoms with van der Waals surface area (Å²) < 4.78 is 6.04. The number of nitrogens with one attached hydrogen (secondary N) is 2. The topological polar surface area (TPSA) is 52.1 Å². The van der Waals surface area contributed by atoms with E-state index < -0.39 is 0 Å². The molecule has 3 saturated heterocycles. The number of morpholine rings is 1. The van der Waals surface area contributed by atoms with Crippen LogP contribution in [0.3, 0.4) is 0 Å². The maximum atomic E-state index is 6.13. The Hall–Kier alpha value is -0.770. The van der Waals surface area contributed by atoms with Crippen LogP contribution >= 0.6 is 35.6 Å². The van der Waals surface area contributed by atoms with Gasteiger partial charge in [0.1, 0.15) is 0 Å². The average molecular weight is 520 g/mol. The van der Waals surface area contributed by atoms with Crippen molar-refractivity contribution >= 4 is 47.2 Å². The zero-order valence-electron chi connectivity index (χ0n) is 16.4. The minimum atomic E-state index is 0. The van der Waals surface area contributed by atoms with Crippen LogP contribution in [0.4, 0.5) is 5.69 Å². The molecule has 3 fully saturated rings. The van der Waals surface area contributed by atoms with Gasteiger partial charge in [-0.25, -0.2) is 0 Å². The molecule has 3 unspecified atom stereocenters. The summed E-state index contributed by atoms with van der Waals surface area (Å²) >= 11 is 6.13. The van der Waals surface area contributed by atoms with E-state index in [1.807, 2.05) is 25.2 Å². The van der Waals surface area contributed by atoms with Crippen LogP contribution in [-0.4, -0.2) is 75.4 Å². The van der Waals surface area contributed by atoms with Crippen LogP contribution in [0.2, 0.25) is 5.02 Å². The Labute approximate surface area is 190 Å². The number of rotatable bonds is 4. The molecular weight excluding hydrogens is 489 g/mol. The van der Waals surface area contributed by atoms with E-state index in [0.717, 1.165) is 50.2 Å². The van der Waals surface area contributed by atoms with Crippen molar-refractivity contribution in [3.63, 3.8) is 0 Å². The summed E-state index contributed by atoms with van der Waals surface area (Å²) in [5, 5.41) is 7.80. The summed E-state index contributed by atoms with van der Waals surface area (Å²) in [5.41, 5.74) is 1.19. The lowest BCUT2D eigenvalue weighted by Crippen LogP contribution is -2.52. The summed E-state index contributed by atoms with van der Waals surface area (Å²) in [4.78, 5) is 9.34. The smallest absolute Gasteiger partial charge is 0.191 e. The molecule has 8 heteroatoms. The van der Waals surface area contributed by atoms with Gasteiger partial charge in [0.05, 0.1) is 12.7 Å². The predicted molar refractivity (Wildman–Crippen MR) is 126 cm³/mol. The highest BCUT2D eigenvalue weighted by molar-refractivity contribution is 14.0. The summed E-state index contributed by atoms with van der Waals surface area (Å²) in [5.74, 6) is 0.861. The molecule has 3 atom stereocenters. The van der Waals surface area contributed by atoms with Gasteiger partial charge in [0.15, 0.2) is 5.96 Å². The molecule has 156 valence electrons. The second-order valence-electron chi connectivity index (χ2n) is 7.76. The largest absolute Gasteiger partial charge is 0.373 e. The van der Waals surface area contributed by atoms with E-state index in [1.165, 1.54) is 25.1 Å². The molecule has 0 aromatic heterocycles. The van der Waals surface area contributed by atoms with Crippen molar-refractivity contribution in [3.8, 4) is 0 Å². The first-order valence-electron chi connectivity index (χ1n) is 10.0. The number of fused-ring (bicyclic) bond motifs is 1. The zero-order valence-corrected chi connectivity index (χ0v) is 19.5. The molecule has 3 aliphatic rings. The fraction of sp³-hybridized carbons (Fsp3) is 0.650. The SMILES string of the molecule is CN=C(NCC1CN2CCCC2CO1)NC1CCN(c2cccc(Cl)c2)C1.I. The Morgan fingerprint density at radius 1 is 1.29 bits per heavy atom. The second-order valence-corrected chi connectivity index (χ2v) is 8.19. The predicted octanol–water partition coefficient (Wildman–Crippen LogP) is 2.56. The van der Waals surface area contributed by atoms with Gasteiger partial charge in [0, 0.05) is 56.0 Å². The number of hydrogen-bond donors (Lipinski definition) is 2. The number of aliphatic imine (C=N–C) groups is 1. The Bertz CT molecular complexity index is 676. The van der Waals surface area contributed by atoms with Gasteiger partial charge in [-0.3, -0.25) is 9.89 Å². The van der Waals surface area contributed by atoms with Crippen LogP contribution in [-0.2, 0) is 4.74 Å². The van der Waals surface area contributed by atoms with Crippen molar-refractivity contribution in [2.75, 3.05) is 51.3 Å². The van der Waals surface area contributed by atoms with Gasteiger partial charge in [-0.1, -0.05) is 17.7 Å². The minimum absolute atomic E-state index is 0. The normalized spacial score (nSPS) is 28.0. The Balaban J connectivity index is 0.00000225. The first-order chi connectivity index (χ1) is 13.2. The molecule has 4 rings (SSSR count). The molecule has 0 saturated carbocycles. The number of benzene rings is 1. The highest BCUT2D eigenvalue weighted by Crippen LogP contribution is 2.24. The molecule has 28 heavy (non-hydrogen) atoms. The lowest BCUT2D eigenvalue weighted by molar-refractivity contribution is -0.0453. The van der Waals surface area contributed by atoms with Gasteiger partial charge >= 0.3 is 0 Å². The van der Waals surface area contributed by atoms with Crippen LogP contribution < -0.4 is 15.5 Å². The number of nitrogens with zero attached hydrogens (tertiary/aromatic N) is 3. The molecular formula is C20H31ClIN5O. The van der Waals surface area contributed by atoms with Crippen LogP contribution in [0.1, 0.15) is 19.3 Å². The Kier molecular flexibility index (Phi) is 8.08. The number of ether oxygens (including phenoxy) is 1. The molecule has 0 radical (unpaired) electrons. The van der Waals surface area contributed by atoms with Gasteiger partial charge in [-0.05, 0) is 44.0 Å². The lowest BCUT2D eigenvalue weighted by Gasteiger charge is -2.35. The summed E-state index contributed by atoms with van der Waals surface area (Å²) in [7, 11) is 1.83. The molecule has 3 aliphatic heterocycles. The minimum Gasteiger partial charge on any atom is -0.373 e. The van der Waals surface area contributed by atoms with E-state index in [4.69, 9.17) is 16.3 Å². The highest BCUT2D eigenvalue weighted by Gasteiger charge is 2.32. The number of hydrogen-bond acceptors (Lipinski definition) is 4. The number of guanidine groups is 1. The van der Waals surface area contributed by atoms with E-state index in [9.17, 15) is 0 Å². The van der Waals surface area contributed by atoms with Gasteiger partial charge in [-0.2, -0.15) is 0 Å². The third-order valence-corrected chi connectivity index (χ3v) is 6.12. The maximum absolute atomic E-state index is 6.13. The molecule has 1 aromatic rings. The monoisotopic (exact) mass is 519 g/mol. The molecule has 0 amide bonds. The highest BCUT2D eigenvalue weighted by atomic mass is 127. The number of halogens is 2. The van der Waals surface area contributed by atoms with Crippen LogP contribution in [0, 0.1) is 0 Å². The molecule has 1 aromatic carbocycles. The molecule has 0 aliphatic carbocycles. The van der Waals surface area contributed by atoms with Crippen LogP contribution in [0.25, 0.3) is 0 Å². The van der Waals surface area contributed by atoms with E-state index in [0.29, 0.717) is 12.1 Å². The summed E-state index contributed by atoms with van der Waals surface area (Å²) in [6.07, 6.45) is 3.92. The lowest BCUT2D eigenvalue weighted by atomic mass is 10.2. The summed E-state index contributed by atoms with van der Waals surface area (Å²) in [6.45, 7) is 5.90. The maximum Gasteiger partial charge on any atom is 0.191 e. The molecule has 0 spiro atoms.